The monoisotopic (exact) mass is 500 g/mol. The Kier molecular flexibility index (Phi) is 11.1. The Labute approximate surface area is 209 Å². The van der Waals surface area contributed by atoms with Crippen molar-refractivity contribution in [3.05, 3.63) is 64.7 Å². The van der Waals surface area contributed by atoms with E-state index in [2.05, 4.69) is 16.3 Å². The quantitative estimate of drug-likeness (QED) is 0.530. The van der Waals surface area contributed by atoms with Crippen LogP contribution in [0.25, 0.3) is 0 Å². The van der Waals surface area contributed by atoms with Crippen LogP contribution in [0.4, 0.5) is 0 Å². The summed E-state index contributed by atoms with van der Waals surface area (Å²) in [5.74, 6) is 0.761. The highest BCUT2D eigenvalue weighted by molar-refractivity contribution is 6.32. The van der Waals surface area contributed by atoms with Gasteiger partial charge in [-0.3, -0.25) is 0 Å². The molecule has 0 spiro atoms. The molecule has 32 heavy (non-hydrogen) atoms. The van der Waals surface area contributed by atoms with Crippen LogP contribution in [-0.4, -0.2) is 48.3 Å². The van der Waals surface area contributed by atoms with Gasteiger partial charge in [0, 0.05) is 38.6 Å². The first-order valence-electron chi connectivity index (χ1n) is 11.3. The Morgan fingerprint density at radius 1 is 1.00 bits per heavy atom. The standard InChI is InChI=1S/C25H33ClN2O2.2ClH/c26-23-17-21(9-10-24(23)30-19-20-7-3-1-4-8-20)22(18-28-15-13-27-14-16-28)25(29)11-5-2-6-12-25;;/h1,3-4,7-10,17,22,27,29H,2,5-6,11-16,18-19H2;2*1H/t22-;;/m1../s1. The van der Waals surface area contributed by atoms with Crippen LogP contribution in [0, 0.1) is 0 Å². The molecular weight excluding hydrogens is 467 g/mol. The number of hydrogen-bond acceptors (Lipinski definition) is 4. The summed E-state index contributed by atoms with van der Waals surface area (Å²) < 4.78 is 5.97. The Morgan fingerprint density at radius 2 is 1.69 bits per heavy atom. The number of benzene rings is 2. The van der Waals surface area contributed by atoms with Gasteiger partial charge in [0.1, 0.15) is 12.4 Å². The lowest BCUT2D eigenvalue weighted by Crippen LogP contribution is -2.49. The molecule has 0 aromatic heterocycles. The third kappa shape index (κ3) is 6.99. The second-order valence-corrected chi connectivity index (χ2v) is 9.14. The average Bonchev–Trinajstić information content (AvgIpc) is 2.78. The summed E-state index contributed by atoms with van der Waals surface area (Å²) in [4.78, 5) is 2.47. The van der Waals surface area contributed by atoms with E-state index in [1.807, 2.05) is 42.5 Å². The second kappa shape index (κ2) is 13.0. The molecule has 2 aromatic rings. The molecule has 2 fully saturated rings. The normalized spacial score (nSPS) is 19.3. The number of ether oxygens (including phenoxy) is 1. The minimum atomic E-state index is -0.654. The van der Waals surface area contributed by atoms with E-state index in [9.17, 15) is 5.11 Å². The lowest BCUT2D eigenvalue weighted by atomic mass is 9.72. The number of halogens is 3. The Bertz CT molecular complexity index is 810. The number of piperazine rings is 1. The summed E-state index contributed by atoms with van der Waals surface area (Å²) in [5, 5.41) is 15.6. The van der Waals surface area contributed by atoms with Gasteiger partial charge in [-0.05, 0) is 36.1 Å². The molecule has 1 aliphatic heterocycles. The third-order valence-corrected chi connectivity index (χ3v) is 6.91. The van der Waals surface area contributed by atoms with Crippen molar-refractivity contribution in [2.75, 3.05) is 32.7 Å². The predicted octanol–water partition coefficient (Wildman–Crippen LogP) is 5.45. The van der Waals surface area contributed by atoms with Gasteiger partial charge in [-0.2, -0.15) is 0 Å². The van der Waals surface area contributed by atoms with E-state index in [-0.39, 0.29) is 30.7 Å². The van der Waals surface area contributed by atoms with Gasteiger partial charge in [-0.1, -0.05) is 67.3 Å². The Hall–Kier alpha value is -1.01. The molecule has 4 nitrogen and oxygen atoms in total. The SMILES string of the molecule is Cl.Cl.OC1([C@H](CN2CCNCC2)c2ccc(OCc3ccccc3)c(Cl)c2)CCCCC1. The molecular formula is C25H35Cl3N2O2. The van der Waals surface area contributed by atoms with Gasteiger partial charge in [0.15, 0.2) is 0 Å². The van der Waals surface area contributed by atoms with Crippen molar-refractivity contribution >= 4 is 36.4 Å². The van der Waals surface area contributed by atoms with E-state index >= 15 is 0 Å². The molecule has 0 unspecified atom stereocenters. The van der Waals surface area contributed by atoms with Crippen LogP contribution >= 0.6 is 36.4 Å². The predicted molar refractivity (Wildman–Crippen MR) is 137 cm³/mol. The fraction of sp³-hybridized carbons (Fsp3) is 0.520. The fourth-order valence-electron chi connectivity index (χ4n) is 4.84. The smallest absolute Gasteiger partial charge is 0.138 e. The highest BCUT2D eigenvalue weighted by Gasteiger charge is 2.39. The van der Waals surface area contributed by atoms with Gasteiger partial charge in [-0.25, -0.2) is 0 Å². The lowest BCUT2D eigenvalue weighted by molar-refractivity contribution is -0.0316. The van der Waals surface area contributed by atoms with Gasteiger partial charge in [0.05, 0.1) is 10.6 Å². The number of hydrogen-bond donors (Lipinski definition) is 2. The van der Waals surface area contributed by atoms with E-state index < -0.39 is 5.60 Å². The summed E-state index contributed by atoms with van der Waals surface area (Å²) in [7, 11) is 0. The second-order valence-electron chi connectivity index (χ2n) is 8.73. The molecule has 1 atom stereocenters. The van der Waals surface area contributed by atoms with Crippen LogP contribution in [0.5, 0.6) is 5.75 Å². The molecule has 178 valence electrons. The minimum absolute atomic E-state index is 0. The van der Waals surface area contributed by atoms with Crippen molar-refractivity contribution in [2.24, 2.45) is 0 Å². The molecule has 0 bridgehead atoms. The van der Waals surface area contributed by atoms with Gasteiger partial charge >= 0.3 is 0 Å². The van der Waals surface area contributed by atoms with Crippen LogP contribution in [-0.2, 0) is 6.61 Å². The molecule has 1 aliphatic carbocycles. The molecule has 0 amide bonds. The first-order chi connectivity index (χ1) is 14.6. The molecule has 2 aromatic carbocycles. The van der Waals surface area contributed by atoms with Gasteiger partial charge in [0.2, 0.25) is 0 Å². The van der Waals surface area contributed by atoms with Crippen LogP contribution in [0.2, 0.25) is 5.02 Å². The van der Waals surface area contributed by atoms with Crippen LogP contribution in [0.3, 0.4) is 0 Å². The van der Waals surface area contributed by atoms with Gasteiger partial charge < -0.3 is 20.1 Å². The van der Waals surface area contributed by atoms with Crippen LogP contribution < -0.4 is 10.1 Å². The van der Waals surface area contributed by atoms with Crippen molar-refractivity contribution in [3.8, 4) is 5.75 Å². The van der Waals surface area contributed by atoms with E-state index in [0.717, 1.165) is 69.5 Å². The maximum Gasteiger partial charge on any atom is 0.138 e. The van der Waals surface area contributed by atoms with Gasteiger partial charge in [0.25, 0.3) is 0 Å². The van der Waals surface area contributed by atoms with Crippen molar-refractivity contribution in [3.63, 3.8) is 0 Å². The fourth-order valence-corrected chi connectivity index (χ4v) is 5.08. The minimum Gasteiger partial charge on any atom is -0.487 e. The summed E-state index contributed by atoms with van der Waals surface area (Å²) in [6.45, 7) is 5.44. The van der Waals surface area contributed by atoms with Crippen molar-refractivity contribution < 1.29 is 9.84 Å². The highest BCUT2D eigenvalue weighted by atomic mass is 35.5. The van der Waals surface area contributed by atoms with E-state index in [1.165, 1.54) is 6.42 Å². The summed E-state index contributed by atoms with van der Waals surface area (Å²) in [6.07, 6.45) is 5.15. The van der Waals surface area contributed by atoms with Crippen molar-refractivity contribution in [2.45, 2.75) is 50.2 Å². The largest absolute Gasteiger partial charge is 0.487 e. The molecule has 1 saturated heterocycles. The van der Waals surface area contributed by atoms with Crippen molar-refractivity contribution in [1.82, 2.24) is 10.2 Å². The summed E-state index contributed by atoms with van der Waals surface area (Å²) in [6, 6.07) is 16.2. The maximum absolute atomic E-state index is 11.6. The molecule has 7 heteroatoms. The summed E-state index contributed by atoms with van der Waals surface area (Å²) >= 11 is 6.64. The molecule has 0 radical (unpaired) electrons. The number of rotatable bonds is 7. The molecule has 2 N–H and O–H groups in total. The Balaban J connectivity index is 0.00000181. The molecule has 1 saturated carbocycles. The van der Waals surface area contributed by atoms with Crippen molar-refractivity contribution in [1.29, 1.82) is 0 Å². The molecule has 2 aliphatic rings. The Morgan fingerprint density at radius 3 is 2.34 bits per heavy atom. The molecule has 1 heterocycles. The summed E-state index contributed by atoms with van der Waals surface area (Å²) in [5.41, 5.74) is 1.58. The first kappa shape index (κ1) is 27.2. The number of nitrogens with zero attached hydrogens (tertiary/aromatic N) is 1. The molecule has 4 rings (SSSR count). The third-order valence-electron chi connectivity index (χ3n) is 6.61. The maximum atomic E-state index is 11.6. The lowest BCUT2D eigenvalue weighted by Gasteiger charge is -2.42. The zero-order chi connectivity index (χ0) is 20.8. The van der Waals surface area contributed by atoms with Crippen LogP contribution in [0.15, 0.2) is 48.5 Å². The van der Waals surface area contributed by atoms with Crippen LogP contribution in [0.1, 0.15) is 49.1 Å². The zero-order valence-corrected chi connectivity index (χ0v) is 20.9. The zero-order valence-electron chi connectivity index (χ0n) is 18.5. The number of nitrogens with one attached hydrogen (secondary N) is 1. The van der Waals surface area contributed by atoms with E-state index in [1.54, 1.807) is 0 Å². The average molecular weight is 502 g/mol. The van der Waals surface area contributed by atoms with E-state index in [4.69, 9.17) is 16.3 Å². The van der Waals surface area contributed by atoms with Gasteiger partial charge in [-0.15, -0.1) is 24.8 Å². The first-order valence-corrected chi connectivity index (χ1v) is 11.6. The highest BCUT2D eigenvalue weighted by Crippen LogP contribution is 2.42. The van der Waals surface area contributed by atoms with E-state index in [0.29, 0.717) is 17.4 Å². The number of aliphatic hydroxyl groups is 1. The topological polar surface area (TPSA) is 44.7 Å².